The SMILES string of the molecule is C=C(C)C(=O)Oc1ccc(OC(Oc2ccccc2)P(=O)(Oc2ccccc2)Oc2ccc(OC(=O)C(=C)C)cc2)cc1. The van der Waals surface area contributed by atoms with Crippen LogP contribution in [0.1, 0.15) is 13.8 Å². The molecule has 0 aromatic heterocycles. The molecule has 0 heterocycles. The summed E-state index contributed by atoms with van der Waals surface area (Å²) in [7, 11) is -4.37. The van der Waals surface area contributed by atoms with Gasteiger partial charge in [-0.15, -0.1) is 0 Å². The zero-order valence-corrected chi connectivity index (χ0v) is 24.4. The number of hydrogen-bond acceptors (Lipinski definition) is 9. The van der Waals surface area contributed by atoms with Crippen LogP contribution in [0.3, 0.4) is 0 Å². The van der Waals surface area contributed by atoms with E-state index in [0.717, 1.165) is 0 Å². The van der Waals surface area contributed by atoms with Crippen LogP contribution in [0, 0.1) is 0 Å². The highest BCUT2D eigenvalue weighted by molar-refractivity contribution is 7.55. The van der Waals surface area contributed by atoms with E-state index in [-0.39, 0.29) is 39.9 Å². The summed E-state index contributed by atoms with van der Waals surface area (Å²) in [6, 6.07) is 27.3. The molecule has 0 radical (unpaired) electrons. The molecule has 9 nitrogen and oxygen atoms in total. The summed E-state index contributed by atoms with van der Waals surface area (Å²) >= 11 is 0. The fourth-order valence-corrected chi connectivity index (χ4v) is 4.85. The molecule has 0 aliphatic carbocycles. The summed E-state index contributed by atoms with van der Waals surface area (Å²) < 4.78 is 49.1. The Bertz CT molecular complexity index is 1620. The third-order valence-corrected chi connectivity index (χ3v) is 7.11. The fourth-order valence-electron chi connectivity index (χ4n) is 3.31. The van der Waals surface area contributed by atoms with Gasteiger partial charge in [0.25, 0.3) is 0 Å². The lowest BCUT2D eigenvalue weighted by Gasteiger charge is -2.28. The van der Waals surface area contributed by atoms with Gasteiger partial charge in [0, 0.05) is 11.1 Å². The standard InChI is InChI=1S/C33H29O9P/c1-23(2)31(34)37-26-15-17-28(18-16-26)40-33(39-25-11-7-5-8-12-25)43(36,41-29-13-9-6-10-14-29)42-30-21-19-27(20-22-30)38-32(35)24(3)4/h5-22,33H,1,3H2,2,4H3. The van der Waals surface area contributed by atoms with Gasteiger partial charge in [0.2, 0.25) is 0 Å². The molecular weight excluding hydrogens is 571 g/mol. The van der Waals surface area contributed by atoms with E-state index in [2.05, 4.69) is 13.2 Å². The maximum Gasteiger partial charge on any atom is 0.512 e. The van der Waals surface area contributed by atoms with Crippen LogP contribution in [0.4, 0.5) is 0 Å². The molecule has 0 aliphatic rings. The largest absolute Gasteiger partial charge is 0.512 e. The first-order chi connectivity index (χ1) is 20.6. The van der Waals surface area contributed by atoms with Crippen molar-refractivity contribution in [1.29, 1.82) is 0 Å². The average molecular weight is 601 g/mol. The molecular formula is C33H29O9P. The van der Waals surface area contributed by atoms with Crippen LogP contribution in [0.25, 0.3) is 0 Å². The number of ether oxygens (including phenoxy) is 4. The topological polar surface area (TPSA) is 107 Å². The Morgan fingerprint density at radius 3 is 1.28 bits per heavy atom. The Labute approximate surface area is 249 Å². The monoisotopic (exact) mass is 600 g/mol. The Morgan fingerprint density at radius 2 is 0.860 bits per heavy atom. The summed E-state index contributed by atoms with van der Waals surface area (Å²) in [6.07, 6.45) is 0. The van der Waals surface area contributed by atoms with E-state index >= 15 is 0 Å². The molecule has 2 unspecified atom stereocenters. The van der Waals surface area contributed by atoms with Crippen molar-refractivity contribution < 1.29 is 42.1 Å². The Morgan fingerprint density at radius 1 is 0.535 bits per heavy atom. The van der Waals surface area contributed by atoms with Crippen LogP contribution in [-0.4, -0.2) is 18.0 Å². The number of benzene rings is 4. The molecule has 4 rings (SSSR count). The van der Waals surface area contributed by atoms with E-state index in [1.54, 1.807) is 60.7 Å². The molecule has 0 N–H and O–H groups in total. The molecule has 0 aliphatic heterocycles. The maximum atomic E-state index is 14.6. The van der Waals surface area contributed by atoms with E-state index in [0.29, 0.717) is 5.75 Å². The number of esters is 2. The maximum absolute atomic E-state index is 14.6. The lowest BCUT2D eigenvalue weighted by Crippen LogP contribution is -2.29. The molecule has 10 heteroatoms. The first kappa shape index (κ1) is 30.7. The average Bonchev–Trinajstić information content (AvgIpc) is 2.99. The van der Waals surface area contributed by atoms with Crippen molar-refractivity contribution in [2.75, 3.05) is 0 Å². The smallest absolute Gasteiger partial charge is 0.443 e. The number of hydrogen-bond donors (Lipinski definition) is 0. The van der Waals surface area contributed by atoms with Crippen LogP contribution >= 0.6 is 7.60 Å². The fraction of sp³-hybridized carbons (Fsp3) is 0.0909. The molecule has 0 spiro atoms. The van der Waals surface area contributed by atoms with Crippen LogP contribution in [0.2, 0.25) is 0 Å². The Hall–Kier alpha value is -5.27. The van der Waals surface area contributed by atoms with E-state index in [1.165, 1.54) is 62.4 Å². The molecule has 0 saturated heterocycles. The molecule has 2 atom stereocenters. The molecule has 0 amide bonds. The second-order valence-electron chi connectivity index (χ2n) is 9.17. The van der Waals surface area contributed by atoms with E-state index < -0.39 is 25.6 Å². The van der Waals surface area contributed by atoms with Crippen LogP contribution < -0.4 is 28.0 Å². The zero-order chi connectivity index (χ0) is 30.8. The zero-order valence-electron chi connectivity index (χ0n) is 23.5. The lowest BCUT2D eigenvalue weighted by molar-refractivity contribution is -0.130. The predicted molar refractivity (Wildman–Crippen MR) is 161 cm³/mol. The quantitative estimate of drug-likeness (QED) is 0.0501. The first-order valence-electron chi connectivity index (χ1n) is 13.0. The number of para-hydroxylation sites is 2. The van der Waals surface area contributed by atoms with Gasteiger partial charge in [0.15, 0.2) is 0 Å². The van der Waals surface area contributed by atoms with Gasteiger partial charge < -0.3 is 28.0 Å². The normalized spacial score (nSPS) is 12.5. The van der Waals surface area contributed by atoms with Crippen molar-refractivity contribution in [3.05, 3.63) is 133 Å². The van der Waals surface area contributed by atoms with E-state index in [4.69, 9.17) is 28.0 Å². The molecule has 43 heavy (non-hydrogen) atoms. The van der Waals surface area contributed by atoms with E-state index in [9.17, 15) is 14.2 Å². The van der Waals surface area contributed by atoms with Gasteiger partial charge >= 0.3 is 25.6 Å². The number of carbonyl (C=O) groups is 2. The molecule has 0 bridgehead atoms. The van der Waals surface area contributed by atoms with Gasteiger partial charge in [0.05, 0.1) is 0 Å². The van der Waals surface area contributed by atoms with Crippen molar-refractivity contribution in [2.24, 2.45) is 0 Å². The number of rotatable bonds is 13. The number of carbonyl (C=O) groups excluding carboxylic acids is 2. The van der Waals surface area contributed by atoms with Gasteiger partial charge in [-0.1, -0.05) is 49.6 Å². The van der Waals surface area contributed by atoms with Crippen LogP contribution in [0.5, 0.6) is 34.5 Å². The molecule has 0 saturated carbocycles. The highest BCUT2D eigenvalue weighted by Gasteiger charge is 2.44. The van der Waals surface area contributed by atoms with Gasteiger partial charge in [0.1, 0.15) is 34.5 Å². The molecule has 4 aromatic rings. The molecule has 0 fully saturated rings. The lowest BCUT2D eigenvalue weighted by atomic mass is 10.3. The summed E-state index contributed by atoms with van der Waals surface area (Å²) in [5.74, 6) is 0.256. The second-order valence-corrected chi connectivity index (χ2v) is 11.0. The highest BCUT2D eigenvalue weighted by atomic mass is 31.2. The van der Waals surface area contributed by atoms with Gasteiger partial charge in [-0.25, -0.2) is 14.2 Å². The minimum absolute atomic E-state index is 0.127. The second kappa shape index (κ2) is 14.1. The minimum Gasteiger partial charge on any atom is -0.443 e. The summed E-state index contributed by atoms with van der Waals surface area (Å²) in [5.41, 5.74) is 0.482. The van der Waals surface area contributed by atoms with E-state index in [1.807, 2.05) is 0 Å². The van der Waals surface area contributed by atoms with Gasteiger partial charge in [-0.05, 0) is 86.6 Å². The predicted octanol–water partition coefficient (Wildman–Crippen LogP) is 7.74. The third kappa shape index (κ3) is 8.86. The Kier molecular flexibility index (Phi) is 10.0. The van der Waals surface area contributed by atoms with Crippen LogP contribution in [-0.2, 0) is 14.2 Å². The summed E-state index contributed by atoms with van der Waals surface area (Å²) in [6.45, 7) is 10.2. The van der Waals surface area contributed by atoms with Gasteiger partial charge in [-0.3, -0.25) is 0 Å². The van der Waals surface area contributed by atoms with Crippen molar-refractivity contribution in [3.8, 4) is 34.5 Å². The summed E-state index contributed by atoms with van der Waals surface area (Å²) in [4.78, 5) is 23.8. The first-order valence-corrected chi connectivity index (χ1v) is 14.6. The molecule has 220 valence electrons. The van der Waals surface area contributed by atoms with Gasteiger partial charge in [-0.2, -0.15) is 0 Å². The van der Waals surface area contributed by atoms with Crippen molar-refractivity contribution in [1.82, 2.24) is 0 Å². The van der Waals surface area contributed by atoms with Crippen molar-refractivity contribution in [2.45, 2.75) is 19.9 Å². The Balaban J connectivity index is 1.67. The van der Waals surface area contributed by atoms with Crippen molar-refractivity contribution in [3.63, 3.8) is 0 Å². The minimum atomic E-state index is -4.37. The highest BCUT2D eigenvalue weighted by Crippen LogP contribution is 2.54. The van der Waals surface area contributed by atoms with Crippen molar-refractivity contribution >= 4 is 19.5 Å². The third-order valence-electron chi connectivity index (χ3n) is 5.45. The molecule has 4 aromatic carbocycles. The van der Waals surface area contributed by atoms with Crippen LogP contribution in [0.15, 0.2) is 133 Å². The summed E-state index contributed by atoms with van der Waals surface area (Å²) in [5, 5.41) is 0.